The van der Waals surface area contributed by atoms with E-state index in [0.717, 1.165) is 95.4 Å². The number of fused-ring (bicyclic) bond motifs is 2. The third kappa shape index (κ3) is 12.4. The van der Waals surface area contributed by atoms with Crippen LogP contribution in [0.25, 0.3) is 77.8 Å². The third-order valence-electron chi connectivity index (χ3n) is 13.7. The molecule has 0 atom stereocenters. The molecule has 0 amide bonds. The van der Waals surface area contributed by atoms with Gasteiger partial charge in [-0.3, -0.25) is 10.1 Å². The first-order valence-corrected chi connectivity index (χ1v) is 26.6. The zero-order chi connectivity index (χ0) is 54.4. The molecule has 0 saturated heterocycles. The predicted octanol–water partition coefficient (Wildman–Crippen LogP) is 18.2. The van der Waals surface area contributed by atoms with Gasteiger partial charge in [0.15, 0.2) is 0 Å². The SMILES string of the molecule is [Ir+3].[c-]1cc(-c2ccc(N(c3ccccc3)c3ccccc3)cc2)ccc1-c1nccc2ccccc12.[c-]1cc(-c2ccc(N(c3ccccc3)c3ccccc3)cc2)ccc1-c1nccc2ccccc12.c1ccc(-c2ncn[n-]2)nc1. The van der Waals surface area contributed by atoms with E-state index in [0.29, 0.717) is 5.82 Å². The van der Waals surface area contributed by atoms with Crippen molar-refractivity contribution in [2.24, 2.45) is 0 Å². The summed E-state index contributed by atoms with van der Waals surface area (Å²) in [6, 6.07) is 105. The molecule has 0 N–H and O–H groups in total. The van der Waals surface area contributed by atoms with Gasteiger partial charge in [-0.1, -0.05) is 174 Å². The number of hydrogen-bond donors (Lipinski definition) is 0. The smallest absolute Gasteiger partial charge is 0.424 e. The summed E-state index contributed by atoms with van der Waals surface area (Å²) >= 11 is 0. The Balaban J connectivity index is 0.000000143. The van der Waals surface area contributed by atoms with E-state index in [1.165, 1.54) is 17.1 Å². The van der Waals surface area contributed by atoms with E-state index in [9.17, 15) is 0 Å². The fourth-order valence-electron chi connectivity index (χ4n) is 9.78. The van der Waals surface area contributed by atoms with E-state index in [-0.39, 0.29) is 20.1 Å². The number of anilines is 6. The van der Waals surface area contributed by atoms with Crippen LogP contribution in [-0.4, -0.2) is 25.0 Å². The van der Waals surface area contributed by atoms with Crippen LogP contribution in [-0.2, 0) is 20.1 Å². The van der Waals surface area contributed by atoms with Crippen LogP contribution in [0, 0.1) is 12.1 Å². The van der Waals surface area contributed by atoms with Crippen molar-refractivity contribution >= 4 is 55.7 Å². The van der Waals surface area contributed by atoms with Gasteiger partial charge in [0.2, 0.25) is 0 Å². The first-order chi connectivity index (χ1) is 40.2. The Morgan fingerprint density at radius 1 is 0.305 bits per heavy atom. The van der Waals surface area contributed by atoms with Gasteiger partial charge < -0.3 is 29.9 Å². The van der Waals surface area contributed by atoms with Gasteiger partial charge in [0, 0.05) is 59.0 Å². The van der Waals surface area contributed by atoms with Crippen LogP contribution < -0.4 is 14.9 Å². The van der Waals surface area contributed by atoms with Gasteiger partial charge in [0.1, 0.15) is 0 Å². The molecule has 392 valence electrons. The van der Waals surface area contributed by atoms with E-state index in [1.807, 2.05) is 67.0 Å². The molecule has 4 heterocycles. The molecule has 0 aliphatic rings. The molecule has 14 aromatic rings. The van der Waals surface area contributed by atoms with E-state index in [4.69, 9.17) is 0 Å². The normalized spacial score (nSPS) is 10.6. The first kappa shape index (κ1) is 53.6. The van der Waals surface area contributed by atoms with Crippen LogP contribution in [0.3, 0.4) is 0 Å². The largest absolute Gasteiger partial charge is 3.00 e. The van der Waals surface area contributed by atoms with Gasteiger partial charge in [-0.25, -0.2) is 0 Å². The number of aromatic nitrogens is 6. The van der Waals surface area contributed by atoms with Gasteiger partial charge in [-0.05, 0) is 136 Å². The van der Waals surface area contributed by atoms with E-state index < -0.39 is 0 Å². The van der Waals surface area contributed by atoms with Crippen molar-refractivity contribution < 1.29 is 20.1 Å². The Morgan fingerprint density at radius 2 is 0.683 bits per heavy atom. The molecule has 14 rings (SSSR count). The van der Waals surface area contributed by atoms with Gasteiger partial charge in [-0.2, -0.15) is 0 Å². The number of benzene rings is 10. The van der Waals surface area contributed by atoms with Crippen molar-refractivity contribution in [3.8, 4) is 56.3 Å². The van der Waals surface area contributed by atoms with Crippen LogP contribution in [0.2, 0.25) is 0 Å². The summed E-state index contributed by atoms with van der Waals surface area (Å²) in [5.41, 5.74) is 16.0. The van der Waals surface area contributed by atoms with Gasteiger partial charge in [-0.15, -0.1) is 59.7 Å². The summed E-state index contributed by atoms with van der Waals surface area (Å²) < 4.78 is 0. The minimum Gasteiger partial charge on any atom is -0.424 e. The number of pyridine rings is 3. The number of hydrogen-bond acceptors (Lipinski definition) is 7. The maximum atomic E-state index is 4.63. The Bertz CT molecular complexity index is 3900. The summed E-state index contributed by atoms with van der Waals surface area (Å²) in [6.07, 6.45) is 6.84. The number of para-hydroxylation sites is 4. The first-order valence-electron chi connectivity index (χ1n) is 26.6. The third-order valence-corrected chi connectivity index (χ3v) is 13.7. The molecular formula is C73H51IrN8. The van der Waals surface area contributed by atoms with Crippen LogP contribution in [0.5, 0.6) is 0 Å². The van der Waals surface area contributed by atoms with Crippen molar-refractivity contribution in [1.29, 1.82) is 0 Å². The van der Waals surface area contributed by atoms with Crippen molar-refractivity contribution in [3.63, 3.8) is 0 Å². The molecule has 0 fully saturated rings. The second-order valence-electron chi connectivity index (χ2n) is 18.8. The predicted molar refractivity (Wildman–Crippen MR) is 331 cm³/mol. The molecule has 82 heavy (non-hydrogen) atoms. The quantitative estimate of drug-likeness (QED) is 0.118. The minimum atomic E-state index is 0. The second-order valence-corrected chi connectivity index (χ2v) is 18.8. The fourth-order valence-corrected chi connectivity index (χ4v) is 9.78. The molecule has 9 heteroatoms. The Hall–Kier alpha value is -10.4. The summed E-state index contributed by atoms with van der Waals surface area (Å²) in [7, 11) is 0. The minimum absolute atomic E-state index is 0. The van der Waals surface area contributed by atoms with Crippen molar-refractivity contribution in [3.05, 3.63) is 322 Å². The molecule has 0 radical (unpaired) electrons. The molecule has 0 aliphatic carbocycles. The molecule has 4 aromatic heterocycles. The summed E-state index contributed by atoms with van der Waals surface area (Å²) in [5.74, 6) is 0.575. The van der Waals surface area contributed by atoms with Crippen LogP contribution in [0.1, 0.15) is 0 Å². The molecule has 0 saturated carbocycles. The summed E-state index contributed by atoms with van der Waals surface area (Å²) in [5, 5.41) is 12.0. The van der Waals surface area contributed by atoms with E-state index >= 15 is 0 Å². The molecular weight excluding hydrogens is 1180 g/mol. The van der Waals surface area contributed by atoms with Crippen molar-refractivity contribution in [1.82, 2.24) is 30.1 Å². The average Bonchev–Trinajstić information content (AvgIpc) is 4.22. The van der Waals surface area contributed by atoms with Crippen LogP contribution in [0.4, 0.5) is 34.1 Å². The number of nitrogens with zero attached hydrogens (tertiary/aromatic N) is 8. The van der Waals surface area contributed by atoms with Crippen LogP contribution >= 0.6 is 0 Å². The molecule has 0 aliphatic heterocycles. The molecule has 8 nitrogen and oxygen atoms in total. The van der Waals surface area contributed by atoms with Crippen molar-refractivity contribution in [2.75, 3.05) is 9.80 Å². The Kier molecular flexibility index (Phi) is 17.0. The average molecular weight is 1230 g/mol. The monoisotopic (exact) mass is 1230 g/mol. The molecule has 10 aromatic carbocycles. The summed E-state index contributed by atoms with van der Waals surface area (Å²) in [6.45, 7) is 0. The number of rotatable bonds is 11. The topological polar surface area (TPSA) is 85.0 Å². The second kappa shape index (κ2) is 26.0. The summed E-state index contributed by atoms with van der Waals surface area (Å²) in [4.78, 5) is 21.8. The maximum absolute atomic E-state index is 4.63. The van der Waals surface area contributed by atoms with Crippen molar-refractivity contribution in [2.45, 2.75) is 0 Å². The Labute approximate surface area is 491 Å². The maximum Gasteiger partial charge on any atom is 3.00 e. The van der Waals surface area contributed by atoms with Gasteiger partial charge >= 0.3 is 20.1 Å². The van der Waals surface area contributed by atoms with E-state index in [1.54, 1.807) is 6.20 Å². The van der Waals surface area contributed by atoms with Gasteiger partial charge in [0.25, 0.3) is 0 Å². The van der Waals surface area contributed by atoms with Gasteiger partial charge in [0.05, 0.1) is 5.69 Å². The fraction of sp³-hybridized carbons (Fsp3) is 0. The zero-order valence-corrected chi connectivity index (χ0v) is 46.8. The molecule has 0 spiro atoms. The standard InChI is InChI=1S/2C33H23N2.C7H5N4.Ir/c2*1-3-10-29(11-4-1)35(30-12-5-2-6-13-30)31-21-19-26(20-22-31)25-15-17-28(18-16-25)33-32-14-8-7-9-27(32)23-24-34-33;1-2-4-8-6(3-1)7-9-5-10-11-7;/h2*1-17,19-24H;1-5H;/q3*-1;+3. The molecule has 0 unspecified atom stereocenters. The zero-order valence-electron chi connectivity index (χ0n) is 44.4. The van der Waals surface area contributed by atoms with Crippen LogP contribution in [0.15, 0.2) is 310 Å². The Morgan fingerprint density at radius 3 is 1.05 bits per heavy atom. The molecule has 0 bridgehead atoms. The van der Waals surface area contributed by atoms with E-state index in [2.05, 4.69) is 283 Å².